The minimum atomic E-state index is -0.295. The summed E-state index contributed by atoms with van der Waals surface area (Å²) in [5.41, 5.74) is 1.06. The second-order valence-corrected chi connectivity index (χ2v) is 7.17. The zero-order valence-corrected chi connectivity index (χ0v) is 15.3. The standard InChI is InChI=1S/C20H21FN4O/c1-14(2)25-19(26)24(13-20(25,3)4)18-22-11-16(12-23-18)6-5-15-7-9-17(21)10-8-15/h7-12,14H,13H2,1-4H3. The molecule has 0 radical (unpaired) electrons. The maximum absolute atomic E-state index is 12.9. The van der Waals surface area contributed by atoms with Gasteiger partial charge in [-0.2, -0.15) is 0 Å². The number of nitrogens with zero attached hydrogens (tertiary/aromatic N) is 4. The number of hydrogen-bond donors (Lipinski definition) is 0. The summed E-state index contributed by atoms with van der Waals surface area (Å²) in [5, 5.41) is 0. The van der Waals surface area contributed by atoms with Crippen molar-refractivity contribution in [1.29, 1.82) is 0 Å². The van der Waals surface area contributed by atoms with Gasteiger partial charge in [0.2, 0.25) is 5.95 Å². The Hall–Kier alpha value is -2.94. The second kappa shape index (κ2) is 6.75. The maximum Gasteiger partial charge on any atom is 0.327 e. The van der Waals surface area contributed by atoms with Crippen LogP contribution in [-0.2, 0) is 0 Å². The van der Waals surface area contributed by atoms with Gasteiger partial charge in [0, 0.05) is 24.0 Å². The fraction of sp³-hybridized carbons (Fsp3) is 0.350. The van der Waals surface area contributed by atoms with Gasteiger partial charge >= 0.3 is 6.03 Å². The molecule has 0 spiro atoms. The summed E-state index contributed by atoms with van der Waals surface area (Å²) in [6.45, 7) is 8.60. The van der Waals surface area contributed by atoms with E-state index in [1.807, 2.05) is 32.6 Å². The van der Waals surface area contributed by atoms with Crippen molar-refractivity contribution < 1.29 is 9.18 Å². The molecular formula is C20H21FN4O. The summed E-state index contributed by atoms with van der Waals surface area (Å²) in [7, 11) is 0. The summed E-state index contributed by atoms with van der Waals surface area (Å²) < 4.78 is 12.9. The van der Waals surface area contributed by atoms with Crippen molar-refractivity contribution in [2.24, 2.45) is 0 Å². The summed E-state index contributed by atoms with van der Waals surface area (Å²) in [5.74, 6) is 5.96. The molecule has 0 atom stereocenters. The third-order valence-corrected chi connectivity index (χ3v) is 4.23. The highest BCUT2D eigenvalue weighted by Gasteiger charge is 2.45. The van der Waals surface area contributed by atoms with Crippen LogP contribution in [0.1, 0.15) is 38.8 Å². The van der Waals surface area contributed by atoms with E-state index in [1.54, 1.807) is 29.4 Å². The van der Waals surface area contributed by atoms with Crippen LogP contribution in [0, 0.1) is 17.7 Å². The highest BCUT2D eigenvalue weighted by atomic mass is 19.1. The van der Waals surface area contributed by atoms with Crippen molar-refractivity contribution in [2.75, 3.05) is 11.4 Å². The molecule has 5 nitrogen and oxygen atoms in total. The molecule has 3 rings (SSSR count). The fourth-order valence-corrected chi connectivity index (χ4v) is 3.20. The topological polar surface area (TPSA) is 49.3 Å². The number of anilines is 1. The van der Waals surface area contributed by atoms with Gasteiger partial charge in [0.1, 0.15) is 5.82 Å². The van der Waals surface area contributed by atoms with Gasteiger partial charge in [0.15, 0.2) is 0 Å². The van der Waals surface area contributed by atoms with Crippen molar-refractivity contribution in [2.45, 2.75) is 39.3 Å². The molecule has 2 heterocycles. The predicted octanol–water partition coefficient (Wildman–Crippen LogP) is 3.44. The first-order valence-electron chi connectivity index (χ1n) is 8.48. The maximum atomic E-state index is 12.9. The number of rotatable bonds is 2. The van der Waals surface area contributed by atoms with E-state index in [-0.39, 0.29) is 23.4 Å². The molecule has 1 aromatic heterocycles. The molecule has 134 valence electrons. The molecule has 0 saturated carbocycles. The highest BCUT2D eigenvalue weighted by molar-refractivity contribution is 5.93. The normalized spacial score (nSPS) is 16.0. The molecule has 0 bridgehead atoms. The van der Waals surface area contributed by atoms with Gasteiger partial charge in [-0.15, -0.1) is 0 Å². The predicted molar refractivity (Wildman–Crippen MR) is 98.2 cm³/mol. The minimum Gasteiger partial charge on any atom is -0.315 e. The molecule has 1 aliphatic rings. The van der Waals surface area contributed by atoms with Crippen LogP contribution >= 0.6 is 0 Å². The van der Waals surface area contributed by atoms with E-state index in [0.29, 0.717) is 23.6 Å². The Morgan fingerprint density at radius 2 is 1.65 bits per heavy atom. The van der Waals surface area contributed by atoms with Gasteiger partial charge < -0.3 is 4.90 Å². The van der Waals surface area contributed by atoms with E-state index in [2.05, 4.69) is 21.8 Å². The second-order valence-electron chi connectivity index (χ2n) is 7.17. The van der Waals surface area contributed by atoms with E-state index in [0.717, 1.165) is 0 Å². The minimum absolute atomic E-state index is 0.0878. The van der Waals surface area contributed by atoms with E-state index >= 15 is 0 Å². The van der Waals surface area contributed by atoms with Crippen molar-refractivity contribution in [3.05, 3.63) is 53.6 Å². The molecule has 0 unspecified atom stereocenters. The molecule has 2 aromatic rings. The van der Waals surface area contributed by atoms with Crippen LogP contribution in [0.3, 0.4) is 0 Å². The third kappa shape index (κ3) is 3.52. The number of urea groups is 1. The lowest BCUT2D eigenvalue weighted by Gasteiger charge is -2.32. The van der Waals surface area contributed by atoms with Crippen LogP contribution in [-0.4, -0.2) is 39.0 Å². The van der Waals surface area contributed by atoms with Crippen molar-refractivity contribution >= 4 is 12.0 Å². The Morgan fingerprint density at radius 1 is 1.08 bits per heavy atom. The van der Waals surface area contributed by atoms with Crippen LogP contribution in [0.15, 0.2) is 36.7 Å². The van der Waals surface area contributed by atoms with Gasteiger partial charge in [-0.05, 0) is 52.0 Å². The van der Waals surface area contributed by atoms with Gasteiger partial charge in [-0.1, -0.05) is 11.8 Å². The number of carbonyl (C=O) groups excluding carboxylic acids is 1. The van der Waals surface area contributed by atoms with E-state index in [1.165, 1.54) is 12.1 Å². The molecule has 1 aromatic carbocycles. The average Bonchev–Trinajstić information content (AvgIpc) is 2.84. The van der Waals surface area contributed by atoms with Gasteiger partial charge in [0.05, 0.1) is 17.6 Å². The van der Waals surface area contributed by atoms with Crippen LogP contribution in [0.25, 0.3) is 0 Å². The zero-order valence-electron chi connectivity index (χ0n) is 15.3. The van der Waals surface area contributed by atoms with Crippen molar-refractivity contribution in [3.8, 4) is 11.8 Å². The highest BCUT2D eigenvalue weighted by Crippen LogP contribution is 2.30. The molecule has 26 heavy (non-hydrogen) atoms. The number of aromatic nitrogens is 2. The number of amides is 2. The molecule has 0 aliphatic carbocycles. The SMILES string of the molecule is CC(C)N1C(=O)N(c2ncc(C#Cc3ccc(F)cc3)cn2)CC1(C)C. The fourth-order valence-electron chi connectivity index (χ4n) is 3.20. The Kier molecular flexibility index (Phi) is 4.64. The lowest BCUT2D eigenvalue weighted by atomic mass is 10.0. The third-order valence-electron chi connectivity index (χ3n) is 4.23. The molecule has 0 N–H and O–H groups in total. The van der Waals surface area contributed by atoms with E-state index in [9.17, 15) is 9.18 Å². The first kappa shape index (κ1) is 17.9. The smallest absolute Gasteiger partial charge is 0.315 e. The summed E-state index contributed by atoms with van der Waals surface area (Å²) in [6, 6.07) is 5.97. The number of benzene rings is 1. The quantitative estimate of drug-likeness (QED) is 0.778. The van der Waals surface area contributed by atoms with Crippen LogP contribution in [0.4, 0.5) is 15.1 Å². The Balaban J connectivity index is 1.78. The van der Waals surface area contributed by atoms with Crippen LogP contribution < -0.4 is 4.90 Å². The molecule has 1 saturated heterocycles. The van der Waals surface area contributed by atoms with Crippen LogP contribution in [0.5, 0.6) is 0 Å². The van der Waals surface area contributed by atoms with Gasteiger partial charge in [-0.25, -0.2) is 19.2 Å². The van der Waals surface area contributed by atoms with E-state index < -0.39 is 0 Å². The molecule has 1 aliphatic heterocycles. The zero-order chi connectivity index (χ0) is 18.9. The lowest BCUT2D eigenvalue weighted by Crippen LogP contribution is -2.46. The monoisotopic (exact) mass is 352 g/mol. The lowest BCUT2D eigenvalue weighted by molar-refractivity contribution is 0.152. The van der Waals surface area contributed by atoms with Crippen molar-refractivity contribution in [3.63, 3.8) is 0 Å². The average molecular weight is 352 g/mol. The summed E-state index contributed by atoms with van der Waals surface area (Å²) >= 11 is 0. The Bertz CT molecular complexity index is 863. The molecule has 2 amide bonds. The largest absolute Gasteiger partial charge is 0.327 e. The van der Waals surface area contributed by atoms with Crippen molar-refractivity contribution in [1.82, 2.24) is 14.9 Å². The van der Waals surface area contributed by atoms with Crippen LogP contribution in [0.2, 0.25) is 0 Å². The molecular weight excluding hydrogens is 331 g/mol. The summed E-state index contributed by atoms with van der Waals surface area (Å²) in [6.07, 6.45) is 3.19. The molecule has 1 fully saturated rings. The number of carbonyl (C=O) groups is 1. The first-order chi connectivity index (χ1) is 12.3. The number of halogens is 1. The summed E-state index contributed by atoms with van der Waals surface area (Å²) in [4.78, 5) is 24.7. The Morgan fingerprint density at radius 3 is 2.19 bits per heavy atom. The molecule has 6 heteroatoms. The first-order valence-corrected chi connectivity index (χ1v) is 8.48. The van der Waals surface area contributed by atoms with E-state index in [4.69, 9.17) is 0 Å². The van der Waals surface area contributed by atoms with Gasteiger partial charge in [0.25, 0.3) is 0 Å². The van der Waals surface area contributed by atoms with Gasteiger partial charge in [-0.3, -0.25) is 4.90 Å². The number of hydrogen-bond acceptors (Lipinski definition) is 3. The Labute approximate surface area is 152 Å².